The minimum absolute atomic E-state index is 0.0120. The molecule has 1 aromatic heterocycles. The number of aryl methyl sites for hydroxylation is 1. The lowest BCUT2D eigenvalue weighted by Gasteiger charge is -2.24. The van der Waals surface area contributed by atoms with Crippen molar-refractivity contribution in [3.63, 3.8) is 0 Å². The molecule has 2 aromatic carbocycles. The summed E-state index contributed by atoms with van der Waals surface area (Å²) < 4.78 is 16.5. The molecular formula is C29H25BrN2O8S. The van der Waals surface area contributed by atoms with Crippen LogP contribution in [0.4, 0.5) is 5.13 Å². The molecule has 10 nitrogen and oxygen atoms in total. The Kier molecular flexibility index (Phi) is 7.62. The zero-order valence-corrected chi connectivity index (χ0v) is 24.7. The quantitative estimate of drug-likeness (QED) is 0.117. The summed E-state index contributed by atoms with van der Waals surface area (Å²) in [6.07, 6.45) is 2.02. The fourth-order valence-electron chi connectivity index (χ4n) is 4.85. The zero-order chi connectivity index (χ0) is 29.6. The van der Waals surface area contributed by atoms with Crippen molar-refractivity contribution >= 4 is 55.8 Å². The minimum atomic E-state index is -1.17. The number of fused-ring (bicyclic) bond motifs is 1. The highest BCUT2D eigenvalue weighted by Crippen LogP contribution is 2.47. The maximum absolute atomic E-state index is 13.6. The molecule has 2 N–H and O–H groups in total. The number of aromatic hydroxyl groups is 1. The van der Waals surface area contributed by atoms with Gasteiger partial charge in [0, 0.05) is 12.0 Å². The Balaban J connectivity index is 1.70. The topological polar surface area (TPSA) is 135 Å². The lowest BCUT2D eigenvalue weighted by atomic mass is 9.94. The number of aromatic nitrogens is 1. The van der Waals surface area contributed by atoms with Gasteiger partial charge in [-0.05, 0) is 71.2 Å². The second kappa shape index (κ2) is 11.0. The fraction of sp³-hybridized carbons (Fsp3) is 0.241. The first kappa shape index (κ1) is 28.4. The summed E-state index contributed by atoms with van der Waals surface area (Å²) in [7, 11) is 1.36. The first-order chi connectivity index (χ1) is 19.5. The Bertz CT molecular complexity index is 1650. The van der Waals surface area contributed by atoms with Gasteiger partial charge in [0.1, 0.15) is 29.1 Å². The highest BCUT2D eigenvalue weighted by molar-refractivity contribution is 9.10. The number of benzene rings is 2. The molecule has 0 bridgehead atoms. The Morgan fingerprint density at radius 3 is 2.78 bits per heavy atom. The Hall–Kier alpha value is -4.16. The van der Waals surface area contributed by atoms with Crippen LogP contribution in [0.1, 0.15) is 45.0 Å². The van der Waals surface area contributed by atoms with Gasteiger partial charge in [-0.2, -0.15) is 0 Å². The average molecular weight is 641 g/mol. The number of thiazole rings is 1. The number of carbonyl (C=O) groups excluding carboxylic acids is 3. The third kappa shape index (κ3) is 4.97. The van der Waals surface area contributed by atoms with Gasteiger partial charge in [-0.3, -0.25) is 14.5 Å². The molecule has 5 rings (SSSR count). The van der Waals surface area contributed by atoms with E-state index in [0.29, 0.717) is 29.0 Å². The number of halogens is 1. The molecule has 1 amide bonds. The number of amides is 1. The monoisotopic (exact) mass is 640 g/mol. The third-order valence-corrected chi connectivity index (χ3v) is 8.45. The second-order valence-corrected chi connectivity index (χ2v) is 11.3. The normalized spacial score (nSPS) is 19.2. The van der Waals surface area contributed by atoms with Crippen LogP contribution in [-0.4, -0.2) is 52.7 Å². The number of phenols is 1. The number of esters is 1. The van der Waals surface area contributed by atoms with Crippen molar-refractivity contribution in [2.75, 3.05) is 18.6 Å². The van der Waals surface area contributed by atoms with Crippen LogP contribution >= 0.6 is 27.3 Å². The summed E-state index contributed by atoms with van der Waals surface area (Å²) in [6.45, 7) is 7.04. The number of ketones is 1. The van der Waals surface area contributed by atoms with Crippen LogP contribution in [0.5, 0.6) is 17.2 Å². The number of hydrogen-bond acceptors (Lipinski definition) is 10. The van der Waals surface area contributed by atoms with Gasteiger partial charge in [0.05, 0.1) is 28.9 Å². The van der Waals surface area contributed by atoms with Crippen LogP contribution in [0.2, 0.25) is 0 Å². The highest BCUT2D eigenvalue weighted by Gasteiger charge is 2.49. The van der Waals surface area contributed by atoms with Gasteiger partial charge in [0.25, 0.3) is 5.78 Å². The van der Waals surface area contributed by atoms with Crippen LogP contribution < -0.4 is 14.4 Å². The van der Waals surface area contributed by atoms with Crippen LogP contribution in [0, 0.1) is 6.92 Å². The van der Waals surface area contributed by atoms with Crippen LogP contribution in [0.3, 0.4) is 0 Å². The van der Waals surface area contributed by atoms with Crippen molar-refractivity contribution < 1.29 is 38.8 Å². The molecule has 212 valence electrons. The third-order valence-electron chi connectivity index (χ3n) is 6.71. The number of Topliss-reactive ketones (excluding diaryl/α,β-unsaturated/α-hetero) is 1. The largest absolute Gasteiger partial charge is 0.507 e. The van der Waals surface area contributed by atoms with E-state index in [0.717, 1.165) is 21.8 Å². The van der Waals surface area contributed by atoms with Gasteiger partial charge in [0.2, 0.25) is 0 Å². The Labute approximate surface area is 247 Å². The molecule has 1 saturated heterocycles. The molecule has 12 heteroatoms. The number of phenolic OH excluding ortho intramolecular Hbond substituents is 1. The predicted molar refractivity (Wildman–Crippen MR) is 155 cm³/mol. The second-order valence-electron chi connectivity index (χ2n) is 9.48. The summed E-state index contributed by atoms with van der Waals surface area (Å²) in [4.78, 5) is 45.5. The zero-order valence-electron chi connectivity index (χ0n) is 22.3. The standard InChI is InChI=1S/C29H25BrN2O8S/c1-5-8-39-28(37)26-14(3)31-29(41-26)32-22(17-11-18(30)24(34)20(12-17)38-4)21(25(35)27(32)36)23(33)15-6-7-19-16(10-15)9-13(2)40-19/h5-7,10-13,22,33-34H,1,8-9H2,2-4H3/b23-21+/t13-,22-/m0/s1. The van der Waals surface area contributed by atoms with Crippen molar-refractivity contribution in [1.82, 2.24) is 4.98 Å². The van der Waals surface area contributed by atoms with Gasteiger partial charge in [-0.15, -0.1) is 0 Å². The number of carbonyl (C=O) groups is 3. The lowest BCUT2D eigenvalue weighted by Crippen LogP contribution is -2.29. The summed E-state index contributed by atoms with van der Waals surface area (Å²) in [5.74, 6) is -2.34. The smallest absolute Gasteiger partial charge is 0.350 e. The fourth-order valence-corrected chi connectivity index (χ4v) is 6.30. The molecule has 41 heavy (non-hydrogen) atoms. The van der Waals surface area contributed by atoms with Crippen molar-refractivity contribution in [1.29, 1.82) is 0 Å². The SMILES string of the molecule is C=CCOC(=O)c1sc(N2C(=O)C(=O)/C(=C(/O)c3ccc4c(c3)C[C@H](C)O4)[C@@H]2c2cc(Br)c(O)c(OC)c2)nc1C. The number of anilines is 1. The molecule has 0 aliphatic carbocycles. The lowest BCUT2D eigenvalue weighted by molar-refractivity contribution is -0.132. The Morgan fingerprint density at radius 1 is 1.32 bits per heavy atom. The minimum Gasteiger partial charge on any atom is -0.507 e. The predicted octanol–water partition coefficient (Wildman–Crippen LogP) is 5.22. The molecule has 2 aliphatic rings. The summed E-state index contributed by atoms with van der Waals surface area (Å²) in [5, 5.41) is 22.0. The van der Waals surface area contributed by atoms with E-state index in [1.165, 1.54) is 25.3 Å². The van der Waals surface area contributed by atoms with Crippen molar-refractivity contribution in [3.8, 4) is 17.2 Å². The number of aliphatic hydroxyl groups is 1. The molecule has 3 aromatic rings. The number of ether oxygens (including phenoxy) is 3. The number of hydrogen-bond donors (Lipinski definition) is 2. The molecule has 0 saturated carbocycles. The van der Waals surface area contributed by atoms with Crippen molar-refractivity contribution in [2.24, 2.45) is 0 Å². The van der Waals surface area contributed by atoms with E-state index in [2.05, 4.69) is 27.5 Å². The first-order valence-corrected chi connectivity index (χ1v) is 14.1. The van der Waals surface area contributed by atoms with E-state index in [1.54, 1.807) is 25.1 Å². The van der Waals surface area contributed by atoms with E-state index in [1.807, 2.05) is 6.92 Å². The maximum Gasteiger partial charge on any atom is 0.350 e. The van der Waals surface area contributed by atoms with E-state index in [-0.39, 0.29) is 50.0 Å². The molecule has 3 heterocycles. The van der Waals surface area contributed by atoms with Crippen molar-refractivity contribution in [2.45, 2.75) is 32.4 Å². The van der Waals surface area contributed by atoms with Gasteiger partial charge < -0.3 is 24.4 Å². The maximum atomic E-state index is 13.6. The molecule has 0 unspecified atom stereocenters. The summed E-state index contributed by atoms with van der Waals surface area (Å²) >= 11 is 4.18. The van der Waals surface area contributed by atoms with E-state index in [4.69, 9.17) is 14.2 Å². The molecular weight excluding hydrogens is 616 g/mol. The number of rotatable bonds is 7. The van der Waals surface area contributed by atoms with Crippen molar-refractivity contribution in [3.05, 3.63) is 80.3 Å². The first-order valence-electron chi connectivity index (χ1n) is 12.5. The van der Waals surface area contributed by atoms with Gasteiger partial charge in [-0.1, -0.05) is 24.0 Å². The highest BCUT2D eigenvalue weighted by atomic mass is 79.9. The molecule has 2 atom stereocenters. The molecule has 0 radical (unpaired) electrons. The van der Waals surface area contributed by atoms with Gasteiger partial charge in [0.15, 0.2) is 16.6 Å². The molecule has 1 fully saturated rings. The van der Waals surface area contributed by atoms with E-state index in [9.17, 15) is 24.6 Å². The van der Waals surface area contributed by atoms with Crippen LogP contribution in [0.25, 0.3) is 5.76 Å². The summed E-state index contributed by atoms with van der Waals surface area (Å²) in [6, 6.07) is 6.87. The molecule has 2 aliphatic heterocycles. The average Bonchev–Trinajstić information content (AvgIpc) is 3.60. The van der Waals surface area contributed by atoms with Gasteiger partial charge >= 0.3 is 11.9 Å². The number of aliphatic hydroxyl groups excluding tert-OH is 1. The molecule has 0 spiro atoms. The van der Waals surface area contributed by atoms with Crippen LogP contribution in [-0.2, 0) is 20.7 Å². The number of nitrogens with zero attached hydrogens (tertiary/aromatic N) is 2. The Morgan fingerprint density at radius 2 is 2.07 bits per heavy atom. The van der Waals surface area contributed by atoms with E-state index >= 15 is 0 Å². The summed E-state index contributed by atoms with van der Waals surface area (Å²) in [5.41, 5.74) is 1.65. The van der Waals surface area contributed by atoms with Gasteiger partial charge in [-0.25, -0.2) is 9.78 Å². The van der Waals surface area contributed by atoms with E-state index < -0.39 is 23.7 Å². The van der Waals surface area contributed by atoms with Crippen LogP contribution in [0.15, 0.2) is 53.0 Å². The number of methoxy groups -OCH3 is 1.